The Morgan fingerprint density at radius 1 is 0.778 bits per heavy atom. The average molecular weight is 379 g/mol. The molecular formula is C21H17NO4S. The van der Waals surface area contributed by atoms with Crippen molar-refractivity contribution in [3.8, 4) is 22.6 Å². The van der Waals surface area contributed by atoms with E-state index in [9.17, 15) is 8.42 Å². The fraction of sp³-hybridized carbons (Fsp3) is 0.143. The van der Waals surface area contributed by atoms with Crippen molar-refractivity contribution in [1.82, 2.24) is 0 Å². The Kier molecular flexibility index (Phi) is 3.62. The normalized spacial score (nSPS) is 14.4. The van der Waals surface area contributed by atoms with Crippen LogP contribution in [0.1, 0.15) is 11.1 Å². The van der Waals surface area contributed by atoms with Crippen LogP contribution in [0.4, 0.5) is 5.69 Å². The van der Waals surface area contributed by atoms with Gasteiger partial charge in [0.1, 0.15) is 13.2 Å². The van der Waals surface area contributed by atoms with Crippen molar-refractivity contribution in [3.05, 3.63) is 71.8 Å². The maximum absolute atomic E-state index is 12.8. The molecular weight excluding hydrogens is 362 g/mol. The van der Waals surface area contributed by atoms with Crippen LogP contribution in [0, 0.1) is 0 Å². The minimum absolute atomic E-state index is 0.146. The zero-order chi connectivity index (χ0) is 18.4. The Hall–Kier alpha value is -2.99. The number of ether oxygens (including phenoxy) is 2. The van der Waals surface area contributed by atoms with Crippen LogP contribution in [0.2, 0.25) is 0 Å². The highest BCUT2D eigenvalue weighted by molar-refractivity contribution is 7.92. The van der Waals surface area contributed by atoms with Crippen molar-refractivity contribution in [2.45, 2.75) is 11.3 Å². The molecule has 2 aliphatic rings. The van der Waals surface area contributed by atoms with E-state index in [1.54, 1.807) is 12.1 Å². The van der Waals surface area contributed by atoms with Crippen LogP contribution in [-0.2, 0) is 16.4 Å². The van der Waals surface area contributed by atoms with Crippen LogP contribution in [0.15, 0.2) is 65.6 Å². The summed E-state index contributed by atoms with van der Waals surface area (Å²) in [6.45, 7) is 0.877. The van der Waals surface area contributed by atoms with Gasteiger partial charge in [0, 0.05) is 11.8 Å². The molecule has 0 atom stereocenters. The predicted molar refractivity (Wildman–Crippen MR) is 103 cm³/mol. The second-order valence-corrected chi connectivity index (χ2v) is 8.30. The van der Waals surface area contributed by atoms with Crippen LogP contribution in [-0.4, -0.2) is 21.6 Å². The molecule has 0 saturated heterocycles. The molecule has 0 fully saturated rings. The molecule has 0 radical (unpaired) electrons. The minimum atomic E-state index is -3.73. The van der Waals surface area contributed by atoms with Gasteiger partial charge >= 0.3 is 0 Å². The quantitative estimate of drug-likeness (QED) is 0.588. The summed E-state index contributed by atoms with van der Waals surface area (Å²) < 4.78 is 39.3. The summed E-state index contributed by atoms with van der Waals surface area (Å²) in [5.74, 6) is 1.02. The number of hydrogen-bond acceptors (Lipinski definition) is 4. The molecule has 0 spiro atoms. The maximum Gasteiger partial charge on any atom is 0.262 e. The van der Waals surface area contributed by atoms with Gasteiger partial charge in [-0.3, -0.25) is 4.72 Å². The topological polar surface area (TPSA) is 64.6 Å². The van der Waals surface area contributed by atoms with Gasteiger partial charge in [-0.1, -0.05) is 30.3 Å². The largest absolute Gasteiger partial charge is 0.486 e. The summed E-state index contributed by atoms with van der Waals surface area (Å²) in [6, 6.07) is 18.5. The average Bonchev–Trinajstić information content (AvgIpc) is 3.05. The van der Waals surface area contributed by atoms with Gasteiger partial charge in [0.15, 0.2) is 11.5 Å². The Morgan fingerprint density at radius 2 is 1.56 bits per heavy atom. The van der Waals surface area contributed by atoms with Gasteiger partial charge in [0.2, 0.25) is 0 Å². The zero-order valence-electron chi connectivity index (χ0n) is 14.4. The number of sulfonamides is 1. The molecule has 1 heterocycles. The van der Waals surface area contributed by atoms with Crippen LogP contribution in [0.5, 0.6) is 11.5 Å². The number of fused-ring (bicyclic) bond motifs is 4. The van der Waals surface area contributed by atoms with Crippen molar-refractivity contribution in [1.29, 1.82) is 0 Å². The maximum atomic E-state index is 12.8. The van der Waals surface area contributed by atoms with Crippen LogP contribution >= 0.6 is 0 Å². The van der Waals surface area contributed by atoms with E-state index in [2.05, 4.69) is 16.9 Å². The predicted octanol–water partition coefficient (Wildman–Crippen LogP) is 3.83. The molecule has 3 aromatic rings. The number of anilines is 1. The van der Waals surface area contributed by atoms with Crippen molar-refractivity contribution in [2.24, 2.45) is 0 Å². The van der Waals surface area contributed by atoms with Crippen LogP contribution < -0.4 is 14.2 Å². The summed E-state index contributed by atoms with van der Waals surface area (Å²) in [5.41, 5.74) is 5.25. The second kappa shape index (κ2) is 6.03. The lowest BCUT2D eigenvalue weighted by Crippen LogP contribution is -2.17. The molecule has 5 rings (SSSR count). The first kappa shape index (κ1) is 16.2. The van der Waals surface area contributed by atoms with Gasteiger partial charge in [-0.25, -0.2) is 8.42 Å². The number of benzene rings is 3. The van der Waals surface area contributed by atoms with Crippen molar-refractivity contribution >= 4 is 15.7 Å². The Morgan fingerprint density at radius 3 is 2.44 bits per heavy atom. The fourth-order valence-corrected chi connectivity index (χ4v) is 4.66. The lowest BCUT2D eigenvalue weighted by molar-refractivity contribution is 0.171. The Balaban J connectivity index is 1.47. The van der Waals surface area contributed by atoms with Crippen molar-refractivity contribution < 1.29 is 17.9 Å². The first-order valence-corrected chi connectivity index (χ1v) is 10.2. The van der Waals surface area contributed by atoms with Gasteiger partial charge in [-0.2, -0.15) is 0 Å². The van der Waals surface area contributed by atoms with E-state index in [0.717, 1.165) is 17.5 Å². The van der Waals surface area contributed by atoms with E-state index in [1.165, 1.54) is 23.3 Å². The first-order valence-electron chi connectivity index (χ1n) is 8.74. The Bertz CT molecular complexity index is 1150. The summed E-state index contributed by atoms with van der Waals surface area (Å²) >= 11 is 0. The van der Waals surface area contributed by atoms with Gasteiger partial charge in [-0.05, 0) is 52.9 Å². The number of rotatable bonds is 3. The molecule has 0 saturated carbocycles. The molecule has 1 aliphatic heterocycles. The summed E-state index contributed by atoms with van der Waals surface area (Å²) in [4.78, 5) is 0.146. The summed E-state index contributed by atoms with van der Waals surface area (Å²) in [6.07, 6.45) is 0.876. The molecule has 5 nitrogen and oxygen atoms in total. The smallest absolute Gasteiger partial charge is 0.262 e. The highest BCUT2D eigenvalue weighted by atomic mass is 32.2. The monoisotopic (exact) mass is 379 g/mol. The van der Waals surface area contributed by atoms with Gasteiger partial charge in [0.05, 0.1) is 4.90 Å². The van der Waals surface area contributed by atoms with Gasteiger partial charge in [-0.15, -0.1) is 0 Å². The van der Waals surface area contributed by atoms with E-state index < -0.39 is 10.0 Å². The molecule has 1 N–H and O–H groups in total. The molecule has 27 heavy (non-hydrogen) atoms. The molecule has 0 amide bonds. The van der Waals surface area contributed by atoms with Crippen LogP contribution in [0.3, 0.4) is 0 Å². The fourth-order valence-electron chi connectivity index (χ4n) is 3.59. The Labute approximate surface area is 157 Å². The van der Waals surface area contributed by atoms with E-state index in [-0.39, 0.29) is 4.90 Å². The van der Waals surface area contributed by atoms with E-state index in [1.807, 2.05) is 24.3 Å². The SMILES string of the molecule is O=S(=O)(Nc1ccc2c(c1)-c1ccccc1C2)c1ccc2c(c1)OCCO2. The molecule has 3 aromatic carbocycles. The molecule has 0 aromatic heterocycles. The van der Waals surface area contributed by atoms with E-state index in [0.29, 0.717) is 30.4 Å². The summed E-state index contributed by atoms with van der Waals surface area (Å²) in [5, 5.41) is 0. The van der Waals surface area contributed by atoms with E-state index >= 15 is 0 Å². The van der Waals surface area contributed by atoms with Crippen molar-refractivity contribution in [2.75, 3.05) is 17.9 Å². The van der Waals surface area contributed by atoms with Gasteiger partial charge < -0.3 is 9.47 Å². The first-order chi connectivity index (χ1) is 13.1. The third-order valence-electron chi connectivity index (χ3n) is 4.87. The molecule has 0 unspecified atom stereocenters. The van der Waals surface area contributed by atoms with Crippen molar-refractivity contribution in [3.63, 3.8) is 0 Å². The van der Waals surface area contributed by atoms with Crippen LogP contribution in [0.25, 0.3) is 11.1 Å². The number of hydrogen-bond donors (Lipinski definition) is 1. The zero-order valence-corrected chi connectivity index (χ0v) is 15.3. The molecule has 1 aliphatic carbocycles. The second-order valence-electron chi connectivity index (χ2n) is 6.62. The standard InChI is InChI=1S/C21H17NO4S/c23-27(24,17-7-8-20-21(13-17)26-10-9-25-20)22-16-6-5-15-11-14-3-1-2-4-18(14)19(15)12-16/h1-8,12-13,22H,9-11H2. The molecule has 136 valence electrons. The van der Waals surface area contributed by atoms with E-state index in [4.69, 9.17) is 9.47 Å². The molecule has 6 heteroatoms. The highest BCUT2D eigenvalue weighted by Gasteiger charge is 2.22. The third-order valence-corrected chi connectivity index (χ3v) is 6.25. The number of nitrogens with one attached hydrogen (secondary N) is 1. The van der Waals surface area contributed by atoms with Gasteiger partial charge in [0.25, 0.3) is 10.0 Å². The third kappa shape index (κ3) is 2.82. The minimum Gasteiger partial charge on any atom is -0.486 e. The highest BCUT2D eigenvalue weighted by Crippen LogP contribution is 2.38. The lowest BCUT2D eigenvalue weighted by Gasteiger charge is -2.19. The lowest BCUT2D eigenvalue weighted by atomic mass is 10.1. The summed E-state index contributed by atoms with van der Waals surface area (Å²) in [7, 11) is -3.73. The molecule has 0 bridgehead atoms.